The first-order chi connectivity index (χ1) is 8.75. The Kier molecular flexibility index (Phi) is 2.51. The molecule has 0 amide bonds. The molecule has 0 aliphatic carbocycles. The molecule has 0 fully saturated rings. The van der Waals surface area contributed by atoms with Gasteiger partial charge in [0, 0.05) is 12.6 Å². The predicted molar refractivity (Wildman–Crippen MR) is 66.9 cm³/mol. The van der Waals surface area contributed by atoms with Crippen molar-refractivity contribution in [3.8, 4) is 0 Å². The Bertz CT molecular complexity index is 577. The molecule has 0 spiro atoms. The third-order valence-electron chi connectivity index (χ3n) is 3.16. The van der Waals surface area contributed by atoms with E-state index in [0.717, 1.165) is 24.3 Å². The minimum absolute atomic E-state index is 0.0836. The number of hydrogen-bond acceptors (Lipinski definition) is 3. The quantitative estimate of drug-likeness (QED) is 0.846. The van der Waals surface area contributed by atoms with E-state index in [4.69, 9.17) is 5.11 Å². The molecule has 1 aliphatic heterocycles. The van der Waals surface area contributed by atoms with Gasteiger partial charge in [-0.15, -0.1) is 0 Å². The molecule has 5 heteroatoms. The Labute approximate surface area is 104 Å². The summed E-state index contributed by atoms with van der Waals surface area (Å²) < 4.78 is 1.77. The number of hydrogen-bond donors (Lipinski definition) is 2. The zero-order valence-corrected chi connectivity index (χ0v) is 9.71. The molecule has 3 rings (SSSR count). The van der Waals surface area contributed by atoms with Crippen molar-refractivity contribution < 1.29 is 9.90 Å². The lowest BCUT2D eigenvalue weighted by molar-refractivity contribution is 0.0689. The van der Waals surface area contributed by atoms with E-state index in [1.807, 2.05) is 30.3 Å². The van der Waals surface area contributed by atoms with Crippen molar-refractivity contribution in [1.29, 1.82) is 0 Å². The van der Waals surface area contributed by atoms with Crippen LogP contribution in [0, 0.1) is 0 Å². The maximum atomic E-state index is 11.0. The van der Waals surface area contributed by atoms with Crippen molar-refractivity contribution in [3.05, 3.63) is 47.7 Å². The highest BCUT2D eigenvalue weighted by Crippen LogP contribution is 2.29. The predicted octanol–water partition coefficient (Wildman–Crippen LogP) is 1.99. The summed E-state index contributed by atoms with van der Waals surface area (Å²) in [5.74, 6) is -0.224. The van der Waals surface area contributed by atoms with Crippen molar-refractivity contribution in [1.82, 2.24) is 9.78 Å². The molecule has 5 nitrogen and oxygen atoms in total. The number of carbonyl (C=O) groups is 1. The molecule has 0 saturated carbocycles. The number of fused-ring (bicyclic) bond motifs is 1. The Morgan fingerprint density at radius 1 is 1.39 bits per heavy atom. The molecule has 1 aliphatic rings. The molecule has 92 valence electrons. The normalized spacial score (nSPS) is 17.9. The van der Waals surface area contributed by atoms with Crippen molar-refractivity contribution in [2.75, 3.05) is 11.9 Å². The second-order valence-electron chi connectivity index (χ2n) is 4.31. The standard InChI is InChI=1S/C13H13N3O2/c17-13(18)10-8-12-14-7-6-11(16(12)15-10)9-4-2-1-3-5-9/h1-5,8,11,14H,6-7H2,(H,17,18). The van der Waals surface area contributed by atoms with E-state index in [2.05, 4.69) is 10.4 Å². The van der Waals surface area contributed by atoms with E-state index in [-0.39, 0.29) is 11.7 Å². The summed E-state index contributed by atoms with van der Waals surface area (Å²) in [6.45, 7) is 0.824. The molecular formula is C13H13N3O2. The van der Waals surface area contributed by atoms with Crippen LogP contribution in [-0.4, -0.2) is 27.4 Å². The molecule has 2 aromatic rings. The molecule has 2 heterocycles. The van der Waals surface area contributed by atoms with Gasteiger partial charge in [0.15, 0.2) is 5.69 Å². The van der Waals surface area contributed by atoms with Crippen LogP contribution in [0.2, 0.25) is 0 Å². The third kappa shape index (κ3) is 1.73. The Hall–Kier alpha value is -2.30. The smallest absolute Gasteiger partial charge is 0.356 e. The Balaban J connectivity index is 2.04. The first kappa shape index (κ1) is 10.8. The molecule has 18 heavy (non-hydrogen) atoms. The molecule has 0 bridgehead atoms. The number of aromatic carboxylic acids is 1. The molecule has 2 N–H and O–H groups in total. The first-order valence-electron chi connectivity index (χ1n) is 5.87. The van der Waals surface area contributed by atoms with Gasteiger partial charge in [-0.2, -0.15) is 5.10 Å². The number of rotatable bonds is 2. The average Bonchev–Trinajstić information content (AvgIpc) is 2.83. The molecule has 1 atom stereocenters. The van der Waals surface area contributed by atoms with E-state index >= 15 is 0 Å². The zero-order chi connectivity index (χ0) is 12.5. The summed E-state index contributed by atoms with van der Waals surface area (Å²) >= 11 is 0. The fraction of sp³-hybridized carbons (Fsp3) is 0.231. The summed E-state index contributed by atoms with van der Waals surface area (Å²) in [6.07, 6.45) is 0.901. The van der Waals surface area contributed by atoms with Gasteiger partial charge >= 0.3 is 5.97 Å². The number of carboxylic acid groups (broad SMARTS) is 1. The Morgan fingerprint density at radius 2 is 2.17 bits per heavy atom. The summed E-state index contributed by atoms with van der Waals surface area (Å²) in [5.41, 5.74) is 1.24. The molecule has 0 saturated heterocycles. The fourth-order valence-corrected chi connectivity index (χ4v) is 2.31. The van der Waals surface area contributed by atoms with E-state index in [1.54, 1.807) is 10.7 Å². The van der Waals surface area contributed by atoms with Gasteiger partial charge in [0.1, 0.15) is 5.82 Å². The first-order valence-corrected chi connectivity index (χ1v) is 5.87. The highest BCUT2D eigenvalue weighted by Gasteiger charge is 2.24. The number of carboxylic acids is 1. The van der Waals surface area contributed by atoms with Gasteiger partial charge in [-0.3, -0.25) is 0 Å². The Morgan fingerprint density at radius 3 is 2.89 bits per heavy atom. The highest BCUT2D eigenvalue weighted by atomic mass is 16.4. The van der Waals surface area contributed by atoms with Gasteiger partial charge < -0.3 is 10.4 Å². The monoisotopic (exact) mass is 243 g/mol. The lowest BCUT2D eigenvalue weighted by atomic mass is 10.0. The highest BCUT2D eigenvalue weighted by molar-refractivity contribution is 5.86. The molecule has 1 aromatic heterocycles. The van der Waals surface area contributed by atoms with Crippen LogP contribution in [0.5, 0.6) is 0 Å². The summed E-state index contributed by atoms with van der Waals surface area (Å²) in [4.78, 5) is 11.0. The van der Waals surface area contributed by atoms with Crippen molar-refractivity contribution >= 4 is 11.8 Å². The van der Waals surface area contributed by atoms with Gasteiger partial charge in [-0.25, -0.2) is 9.48 Å². The van der Waals surface area contributed by atoms with E-state index in [9.17, 15) is 4.79 Å². The van der Waals surface area contributed by atoms with Crippen molar-refractivity contribution in [2.45, 2.75) is 12.5 Å². The lowest BCUT2D eigenvalue weighted by Gasteiger charge is -2.25. The maximum absolute atomic E-state index is 11.0. The fourth-order valence-electron chi connectivity index (χ4n) is 2.31. The molecular weight excluding hydrogens is 230 g/mol. The van der Waals surface area contributed by atoms with Crippen molar-refractivity contribution in [2.24, 2.45) is 0 Å². The average molecular weight is 243 g/mol. The number of benzene rings is 1. The molecule has 1 aromatic carbocycles. The van der Waals surface area contributed by atoms with E-state index in [1.165, 1.54) is 0 Å². The van der Waals surface area contributed by atoms with Crippen LogP contribution in [0.4, 0.5) is 5.82 Å². The van der Waals surface area contributed by atoms with Crippen LogP contribution in [-0.2, 0) is 0 Å². The zero-order valence-electron chi connectivity index (χ0n) is 9.71. The van der Waals surface area contributed by atoms with Crippen LogP contribution in [0.1, 0.15) is 28.5 Å². The van der Waals surface area contributed by atoms with Gasteiger partial charge in [-0.05, 0) is 12.0 Å². The third-order valence-corrected chi connectivity index (χ3v) is 3.16. The number of aromatic nitrogens is 2. The maximum Gasteiger partial charge on any atom is 0.356 e. The van der Waals surface area contributed by atoms with Crippen LogP contribution in [0.3, 0.4) is 0 Å². The van der Waals surface area contributed by atoms with Gasteiger partial charge in [-0.1, -0.05) is 30.3 Å². The largest absolute Gasteiger partial charge is 0.476 e. The SMILES string of the molecule is O=C(O)c1cc2n(n1)C(c1ccccc1)CCN2. The molecule has 0 radical (unpaired) electrons. The lowest BCUT2D eigenvalue weighted by Crippen LogP contribution is -2.24. The summed E-state index contributed by atoms with van der Waals surface area (Å²) in [6, 6.07) is 11.7. The molecule has 1 unspecified atom stereocenters. The summed E-state index contributed by atoms with van der Waals surface area (Å²) in [5, 5.41) is 16.3. The van der Waals surface area contributed by atoms with Crippen LogP contribution >= 0.6 is 0 Å². The number of nitrogens with one attached hydrogen (secondary N) is 1. The van der Waals surface area contributed by atoms with E-state index < -0.39 is 5.97 Å². The van der Waals surface area contributed by atoms with Crippen molar-refractivity contribution in [3.63, 3.8) is 0 Å². The minimum Gasteiger partial charge on any atom is -0.476 e. The van der Waals surface area contributed by atoms with Crippen LogP contribution in [0.15, 0.2) is 36.4 Å². The van der Waals surface area contributed by atoms with Crippen LogP contribution in [0.25, 0.3) is 0 Å². The summed E-state index contributed by atoms with van der Waals surface area (Å²) in [7, 11) is 0. The number of nitrogens with zero attached hydrogens (tertiary/aromatic N) is 2. The van der Waals surface area contributed by atoms with Crippen LogP contribution < -0.4 is 5.32 Å². The topological polar surface area (TPSA) is 67.1 Å². The second-order valence-corrected chi connectivity index (χ2v) is 4.31. The van der Waals surface area contributed by atoms with Gasteiger partial charge in [0.2, 0.25) is 0 Å². The van der Waals surface area contributed by atoms with E-state index in [0.29, 0.717) is 0 Å². The van der Waals surface area contributed by atoms with Gasteiger partial charge in [0.25, 0.3) is 0 Å². The number of anilines is 1. The van der Waals surface area contributed by atoms with Gasteiger partial charge in [0.05, 0.1) is 6.04 Å². The second kappa shape index (κ2) is 4.18. The minimum atomic E-state index is -0.995.